The Hall–Kier alpha value is -2.87. The number of nitrogens with one attached hydrogen (secondary N) is 1. The molecule has 0 aliphatic rings. The van der Waals surface area contributed by atoms with Crippen LogP contribution in [-0.4, -0.2) is 37.0 Å². The number of hydrogen-bond acceptors (Lipinski definition) is 6. The Morgan fingerprint density at radius 2 is 2.00 bits per heavy atom. The molecule has 3 aromatic rings. The van der Waals surface area contributed by atoms with Gasteiger partial charge in [0.25, 0.3) is 0 Å². The highest BCUT2D eigenvalue weighted by atomic mass is 32.2. The summed E-state index contributed by atoms with van der Waals surface area (Å²) in [6, 6.07) is 15.8. The molecular weight excluding hydrogens is 314 g/mol. The highest BCUT2D eigenvalue weighted by molar-refractivity contribution is 7.99. The molecule has 0 aliphatic carbocycles. The van der Waals surface area contributed by atoms with Gasteiger partial charge in [-0.2, -0.15) is 4.68 Å². The quantitative estimate of drug-likeness (QED) is 0.697. The molecule has 0 unspecified atom stereocenters. The standard InChI is InChI=1S/C15H13N5O2S/c21-13-8-4-7-12(9-13)20-15(17-18-19-20)23-10-14(22)16-11-5-2-1-3-6-11/h1-9,21H,10H2,(H,16,22). The molecule has 23 heavy (non-hydrogen) atoms. The summed E-state index contributed by atoms with van der Waals surface area (Å²) in [6.45, 7) is 0. The van der Waals surface area contributed by atoms with E-state index in [-0.39, 0.29) is 17.4 Å². The van der Waals surface area contributed by atoms with E-state index in [0.29, 0.717) is 10.8 Å². The van der Waals surface area contributed by atoms with Crippen molar-refractivity contribution in [2.45, 2.75) is 5.16 Å². The number of amides is 1. The number of hydrogen-bond donors (Lipinski definition) is 2. The van der Waals surface area contributed by atoms with Crippen molar-refractivity contribution in [2.24, 2.45) is 0 Å². The fraction of sp³-hybridized carbons (Fsp3) is 0.0667. The lowest BCUT2D eigenvalue weighted by molar-refractivity contribution is -0.113. The number of rotatable bonds is 5. The first-order valence-corrected chi connectivity index (χ1v) is 7.76. The van der Waals surface area contributed by atoms with Crippen molar-refractivity contribution in [2.75, 3.05) is 11.1 Å². The zero-order valence-electron chi connectivity index (χ0n) is 12.0. The number of aromatic nitrogens is 4. The lowest BCUT2D eigenvalue weighted by Gasteiger charge is -2.06. The summed E-state index contributed by atoms with van der Waals surface area (Å²) in [7, 11) is 0. The zero-order valence-corrected chi connectivity index (χ0v) is 12.8. The molecule has 8 heteroatoms. The third-order valence-corrected chi connectivity index (χ3v) is 3.82. The van der Waals surface area contributed by atoms with Crippen molar-refractivity contribution in [3.8, 4) is 11.4 Å². The summed E-state index contributed by atoms with van der Waals surface area (Å²) in [6.07, 6.45) is 0. The molecule has 0 fully saturated rings. The van der Waals surface area contributed by atoms with Crippen LogP contribution in [0.1, 0.15) is 0 Å². The molecule has 1 aromatic heterocycles. The fourth-order valence-electron chi connectivity index (χ4n) is 1.90. The van der Waals surface area contributed by atoms with Gasteiger partial charge in [-0.05, 0) is 34.7 Å². The number of tetrazole rings is 1. The van der Waals surface area contributed by atoms with Crippen LogP contribution < -0.4 is 5.32 Å². The van der Waals surface area contributed by atoms with Gasteiger partial charge in [-0.1, -0.05) is 36.0 Å². The number of carbonyl (C=O) groups excluding carboxylic acids is 1. The van der Waals surface area contributed by atoms with Gasteiger partial charge in [0.1, 0.15) is 5.75 Å². The number of benzene rings is 2. The van der Waals surface area contributed by atoms with Crippen LogP contribution in [0.5, 0.6) is 5.75 Å². The van der Waals surface area contributed by atoms with Gasteiger partial charge in [0, 0.05) is 11.8 Å². The largest absolute Gasteiger partial charge is 0.508 e. The third-order valence-electron chi connectivity index (χ3n) is 2.91. The van der Waals surface area contributed by atoms with Crippen LogP contribution in [0.4, 0.5) is 5.69 Å². The highest BCUT2D eigenvalue weighted by Gasteiger charge is 2.12. The number of phenolic OH excluding ortho intramolecular Hbond substituents is 1. The summed E-state index contributed by atoms with van der Waals surface area (Å²) < 4.78 is 1.47. The lowest BCUT2D eigenvalue weighted by atomic mass is 10.3. The van der Waals surface area contributed by atoms with E-state index in [4.69, 9.17) is 0 Å². The summed E-state index contributed by atoms with van der Waals surface area (Å²) >= 11 is 1.21. The molecule has 0 saturated carbocycles. The van der Waals surface area contributed by atoms with E-state index < -0.39 is 0 Å². The minimum Gasteiger partial charge on any atom is -0.508 e. The number of aromatic hydroxyl groups is 1. The molecule has 0 saturated heterocycles. The summed E-state index contributed by atoms with van der Waals surface area (Å²) in [5.41, 5.74) is 1.37. The Kier molecular flexibility index (Phi) is 4.53. The van der Waals surface area contributed by atoms with Crippen LogP contribution in [0.25, 0.3) is 5.69 Å². The number of carbonyl (C=O) groups is 1. The monoisotopic (exact) mass is 327 g/mol. The first-order chi connectivity index (χ1) is 11.2. The van der Waals surface area contributed by atoms with E-state index >= 15 is 0 Å². The second-order valence-corrected chi connectivity index (χ2v) is 5.54. The van der Waals surface area contributed by atoms with Gasteiger partial charge in [0.2, 0.25) is 11.1 Å². The molecule has 2 N–H and O–H groups in total. The van der Waals surface area contributed by atoms with Crippen LogP contribution in [-0.2, 0) is 4.79 Å². The third kappa shape index (κ3) is 3.86. The molecule has 0 atom stereocenters. The lowest BCUT2D eigenvalue weighted by Crippen LogP contribution is -2.14. The van der Waals surface area contributed by atoms with Crippen molar-refractivity contribution in [1.29, 1.82) is 0 Å². The number of nitrogens with zero attached hydrogens (tertiary/aromatic N) is 4. The first kappa shape index (κ1) is 15.0. The fourth-order valence-corrected chi connectivity index (χ4v) is 2.60. The molecule has 0 bridgehead atoms. The Bertz CT molecular complexity index is 806. The second kappa shape index (κ2) is 6.93. The average Bonchev–Trinajstić information content (AvgIpc) is 3.02. The van der Waals surface area contributed by atoms with Crippen molar-refractivity contribution in [3.63, 3.8) is 0 Å². The molecule has 2 aromatic carbocycles. The van der Waals surface area contributed by atoms with Crippen LogP contribution >= 0.6 is 11.8 Å². The highest BCUT2D eigenvalue weighted by Crippen LogP contribution is 2.20. The normalized spacial score (nSPS) is 10.4. The minimum atomic E-state index is -0.147. The Morgan fingerprint density at radius 1 is 1.17 bits per heavy atom. The SMILES string of the molecule is O=C(CSc1nnnn1-c1cccc(O)c1)Nc1ccccc1. The zero-order chi connectivity index (χ0) is 16.1. The molecule has 3 rings (SSSR count). The van der Waals surface area contributed by atoms with Gasteiger partial charge >= 0.3 is 0 Å². The van der Waals surface area contributed by atoms with Gasteiger partial charge in [0.15, 0.2) is 0 Å². The number of thioether (sulfide) groups is 1. The smallest absolute Gasteiger partial charge is 0.234 e. The Morgan fingerprint density at radius 3 is 2.78 bits per heavy atom. The molecular formula is C15H13N5O2S. The average molecular weight is 327 g/mol. The maximum Gasteiger partial charge on any atom is 0.234 e. The van der Waals surface area contributed by atoms with Crippen molar-refractivity contribution >= 4 is 23.4 Å². The molecule has 0 aliphatic heterocycles. The maximum absolute atomic E-state index is 12.0. The van der Waals surface area contributed by atoms with Crippen LogP contribution in [0.15, 0.2) is 59.8 Å². The maximum atomic E-state index is 12.0. The van der Waals surface area contributed by atoms with E-state index in [1.807, 2.05) is 30.3 Å². The first-order valence-electron chi connectivity index (χ1n) is 6.78. The second-order valence-electron chi connectivity index (χ2n) is 4.60. The van der Waals surface area contributed by atoms with E-state index in [0.717, 1.165) is 5.69 Å². The van der Waals surface area contributed by atoms with E-state index in [1.54, 1.807) is 24.3 Å². The van der Waals surface area contributed by atoms with Gasteiger partial charge < -0.3 is 10.4 Å². The number of para-hydroxylation sites is 1. The Labute approximate surface area is 136 Å². The molecule has 1 amide bonds. The van der Waals surface area contributed by atoms with Crippen molar-refractivity contribution in [1.82, 2.24) is 20.2 Å². The van der Waals surface area contributed by atoms with E-state index in [2.05, 4.69) is 20.8 Å². The van der Waals surface area contributed by atoms with Gasteiger partial charge in [-0.15, -0.1) is 5.10 Å². The Balaban J connectivity index is 1.65. The molecule has 116 valence electrons. The molecule has 7 nitrogen and oxygen atoms in total. The van der Waals surface area contributed by atoms with E-state index in [9.17, 15) is 9.90 Å². The predicted octanol–water partition coefficient (Wildman–Crippen LogP) is 2.10. The van der Waals surface area contributed by atoms with Crippen LogP contribution in [0, 0.1) is 0 Å². The van der Waals surface area contributed by atoms with Gasteiger partial charge in [0.05, 0.1) is 11.4 Å². The molecule has 0 radical (unpaired) electrons. The van der Waals surface area contributed by atoms with Gasteiger partial charge in [-0.3, -0.25) is 4.79 Å². The topological polar surface area (TPSA) is 92.9 Å². The number of phenols is 1. The summed E-state index contributed by atoms with van der Waals surface area (Å²) in [5.74, 6) is 0.149. The van der Waals surface area contributed by atoms with Crippen LogP contribution in [0.2, 0.25) is 0 Å². The van der Waals surface area contributed by atoms with Crippen LogP contribution in [0.3, 0.4) is 0 Å². The van der Waals surface area contributed by atoms with Gasteiger partial charge in [-0.25, -0.2) is 0 Å². The minimum absolute atomic E-state index is 0.121. The summed E-state index contributed by atoms with van der Waals surface area (Å²) in [4.78, 5) is 12.0. The number of anilines is 1. The molecule has 0 spiro atoms. The van der Waals surface area contributed by atoms with Crippen molar-refractivity contribution in [3.05, 3.63) is 54.6 Å². The van der Waals surface area contributed by atoms with Crippen molar-refractivity contribution < 1.29 is 9.90 Å². The predicted molar refractivity (Wildman–Crippen MR) is 86.6 cm³/mol. The molecule has 1 heterocycles. The summed E-state index contributed by atoms with van der Waals surface area (Å²) in [5, 5.41) is 24.2. The van der Waals surface area contributed by atoms with E-state index in [1.165, 1.54) is 16.4 Å².